The summed E-state index contributed by atoms with van der Waals surface area (Å²) < 4.78 is 5.27. The average molecular weight is 155 g/mol. The molecule has 0 spiro atoms. The molecule has 0 saturated heterocycles. The highest BCUT2D eigenvalue weighted by Gasteiger charge is 2.22. The molecule has 64 valence electrons. The van der Waals surface area contributed by atoms with Gasteiger partial charge in [0.1, 0.15) is 0 Å². The first kappa shape index (κ1) is 8.60. The number of hydrogen-bond donors (Lipinski definition) is 1. The maximum Gasteiger partial charge on any atom is 0.0876 e. The van der Waals surface area contributed by atoms with Crippen molar-refractivity contribution in [2.24, 2.45) is 0 Å². The maximum absolute atomic E-state index is 5.27. The predicted octanol–water partition coefficient (Wildman–Crippen LogP) is 1.68. The Morgan fingerprint density at radius 1 is 1.55 bits per heavy atom. The molecule has 2 heteroatoms. The molecule has 0 aromatic rings. The number of ether oxygens (including phenoxy) is 1. The summed E-state index contributed by atoms with van der Waals surface area (Å²) in [6.07, 6.45) is 4.21. The molecule has 0 unspecified atom stereocenters. The molecule has 0 aliphatic carbocycles. The van der Waals surface area contributed by atoms with Crippen molar-refractivity contribution >= 4 is 0 Å². The van der Waals surface area contributed by atoms with Crippen molar-refractivity contribution in [2.75, 3.05) is 13.7 Å². The van der Waals surface area contributed by atoms with Crippen molar-refractivity contribution in [1.82, 2.24) is 5.32 Å². The van der Waals surface area contributed by atoms with Crippen LogP contribution in [0.25, 0.3) is 0 Å². The van der Waals surface area contributed by atoms with Crippen molar-refractivity contribution in [1.29, 1.82) is 0 Å². The van der Waals surface area contributed by atoms with Crippen LogP contribution in [0.1, 0.15) is 26.7 Å². The molecule has 0 atom stereocenters. The molecule has 0 fully saturated rings. The highest BCUT2D eigenvalue weighted by atomic mass is 16.5. The van der Waals surface area contributed by atoms with E-state index in [9.17, 15) is 0 Å². The van der Waals surface area contributed by atoms with Crippen LogP contribution in [0.4, 0.5) is 0 Å². The lowest BCUT2D eigenvalue weighted by atomic mass is 9.91. The van der Waals surface area contributed by atoms with E-state index in [-0.39, 0.29) is 5.54 Å². The third-order valence-electron chi connectivity index (χ3n) is 2.36. The van der Waals surface area contributed by atoms with Crippen molar-refractivity contribution < 1.29 is 4.74 Å². The monoisotopic (exact) mass is 155 g/mol. The lowest BCUT2D eigenvalue weighted by molar-refractivity contribution is 0.214. The molecule has 1 aliphatic heterocycles. The Morgan fingerprint density at radius 3 is 2.73 bits per heavy atom. The van der Waals surface area contributed by atoms with Crippen LogP contribution in [-0.2, 0) is 4.74 Å². The molecule has 1 rings (SSSR count). The van der Waals surface area contributed by atoms with E-state index in [2.05, 4.69) is 19.2 Å². The molecule has 1 N–H and O–H groups in total. The van der Waals surface area contributed by atoms with Crippen LogP contribution in [-0.4, -0.2) is 19.2 Å². The zero-order valence-corrected chi connectivity index (χ0v) is 7.61. The second-order valence-corrected chi connectivity index (χ2v) is 3.49. The summed E-state index contributed by atoms with van der Waals surface area (Å²) in [5.74, 6) is 0. The number of hydrogen-bond acceptors (Lipinski definition) is 2. The van der Waals surface area contributed by atoms with Gasteiger partial charge >= 0.3 is 0 Å². The number of nitrogens with one attached hydrogen (secondary N) is 1. The fourth-order valence-electron chi connectivity index (χ4n) is 1.18. The highest BCUT2D eigenvalue weighted by molar-refractivity contribution is 5.15. The van der Waals surface area contributed by atoms with Gasteiger partial charge in [-0.2, -0.15) is 0 Å². The van der Waals surface area contributed by atoms with E-state index < -0.39 is 0 Å². The van der Waals surface area contributed by atoms with Gasteiger partial charge in [0.2, 0.25) is 0 Å². The first-order valence-electron chi connectivity index (χ1n) is 4.17. The van der Waals surface area contributed by atoms with Crippen LogP contribution in [0.15, 0.2) is 11.8 Å². The van der Waals surface area contributed by atoms with Crippen LogP contribution in [0, 0.1) is 0 Å². The van der Waals surface area contributed by atoms with Crippen LogP contribution in [0.5, 0.6) is 0 Å². The molecular formula is C9H17NO. The van der Waals surface area contributed by atoms with Gasteiger partial charge in [0.15, 0.2) is 0 Å². The minimum atomic E-state index is 0.0976. The quantitative estimate of drug-likeness (QED) is 0.655. The van der Waals surface area contributed by atoms with Crippen molar-refractivity contribution in [3.05, 3.63) is 11.8 Å². The van der Waals surface area contributed by atoms with Crippen molar-refractivity contribution in [3.8, 4) is 0 Å². The van der Waals surface area contributed by atoms with Gasteiger partial charge in [-0.1, -0.05) is 0 Å². The van der Waals surface area contributed by atoms with E-state index in [0.717, 1.165) is 19.4 Å². The summed E-state index contributed by atoms with van der Waals surface area (Å²) in [5, 5.41) is 3.26. The van der Waals surface area contributed by atoms with Crippen molar-refractivity contribution in [2.45, 2.75) is 32.2 Å². The van der Waals surface area contributed by atoms with E-state index >= 15 is 0 Å². The standard InChI is InChI=1S/C9H17NO/c1-9(2,10-3)8-5-4-6-11-7-8/h7,10H,4-6H2,1-3H3. The summed E-state index contributed by atoms with van der Waals surface area (Å²) >= 11 is 0. The number of rotatable bonds is 2. The molecule has 0 saturated carbocycles. The Morgan fingerprint density at radius 2 is 2.27 bits per heavy atom. The molecule has 1 heterocycles. The summed E-state index contributed by atoms with van der Waals surface area (Å²) in [4.78, 5) is 0. The summed E-state index contributed by atoms with van der Waals surface area (Å²) in [5.41, 5.74) is 1.46. The Hall–Kier alpha value is -0.500. The molecule has 0 aromatic heterocycles. The van der Waals surface area contributed by atoms with Gasteiger partial charge in [-0.05, 0) is 39.3 Å². The van der Waals surface area contributed by atoms with Crippen molar-refractivity contribution in [3.63, 3.8) is 0 Å². The average Bonchev–Trinajstić information content (AvgIpc) is 2.06. The Kier molecular flexibility index (Phi) is 2.55. The minimum absolute atomic E-state index is 0.0976. The fourth-order valence-corrected chi connectivity index (χ4v) is 1.18. The third kappa shape index (κ3) is 1.96. The Labute approximate surface area is 68.6 Å². The van der Waals surface area contributed by atoms with E-state index in [1.165, 1.54) is 5.57 Å². The fraction of sp³-hybridized carbons (Fsp3) is 0.778. The Balaban J connectivity index is 2.64. The van der Waals surface area contributed by atoms with Crippen LogP contribution in [0.2, 0.25) is 0 Å². The largest absolute Gasteiger partial charge is 0.501 e. The van der Waals surface area contributed by atoms with Crippen LogP contribution in [0.3, 0.4) is 0 Å². The zero-order valence-electron chi connectivity index (χ0n) is 7.61. The smallest absolute Gasteiger partial charge is 0.0876 e. The molecule has 0 radical (unpaired) electrons. The summed E-state index contributed by atoms with van der Waals surface area (Å²) in [7, 11) is 1.98. The normalized spacial score (nSPS) is 19.0. The van der Waals surface area contributed by atoms with Gasteiger partial charge in [0.05, 0.1) is 12.9 Å². The van der Waals surface area contributed by atoms with Gasteiger partial charge in [-0.3, -0.25) is 0 Å². The topological polar surface area (TPSA) is 21.3 Å². The maximum atomic E-state index is 5.27. The molecule has 0 amide bonds. The second-order valence-electron chi connectivity index (χ2n) is 3.49. The van der Waals surface area contributed by atoms with E-state index in [4.69, 9.17) is 4.74 Å². The molecule has 2 nitrogen and oxygen atoms in total. The van der Waals surface area contributed by atoms with Gasteiger partial charge < -0.3 is 10.1 Å². The Bertz CT molecular complexity index is 161. The third-order valence-corrected chi connectivity index (χ3v) is 2.36. The van der Waals surface area contributed by atoms with E-state index in [1.54, 1.807) is 0 Å². The molecule has 0 bridgehead atoms. The van der Waals surface area contributed by atoms with Gasteiger partial charge in [-0.15, -0.1) is 0 Å². The highest BCUT2D eigenvalue weighted by Crippen LogP contribution is 2.23. The predicted molar refractivity (Wildman–Crippen MR) is 46.4 cm³/mol. The second kappa shape index (κ2) is 3.26. The van der Waals surface area contributed by atoms with Gasteiger partial charge in [-0.25, -0.2) is 0 Å². The lowest BCUT2D eigenvalue weighted by Gasteiger charge is -2.29. The molecule has 0 aromatic carbocycles. The minimum Gasteiger partial charge on any atom is -0.501 e. The molecule has 11 heavy (non-hydrogen) atoms. The first-order valence-corrected chi connectivity index (χ1v) is 4.17. The summed E-state index contributed by atoms with van der Waals surface area (Å²) in [6.45, 7) is 5.23. The first-order chi connectivity index (χ1) is 5.17. The van der Waals surface area contributed by atoms with E-state index in [1.807, 2.05) is 13.3 Å². The van der Waals surface area contributed by atoms with Gasteiger partial charge in [0, 0.05) is 5.54 Å². The van der Waals surface area contributed by atoms with E-state index in [0.29, 0.717) is 0 Å². The lowest BCUT2D eigenvalue weighted by Crippen LogP contribution is -2.39. The van der Waals surface area contributed by atoms with Crippen LogP contribution >= 0.6 is 0 Å². The summed E-state index contributed by atoms with van der Waals surface area (Å²) in [6, 6.07) is 0. The molecule has 1 aliphatic rings. The van der Waals surface area contributed by atoms with Crippen LogP contribution < -0.4 is 5.32 Å². The van der Waals surface area contributed by atoms with Gasteiger partial charge in [0.25, 0.3) is 0 Å². The molecular weight excluding hydrogens is 138 g/mol. The zero-order chi connectivity index (χ0) is 8.32. The number of likely N-dealkylation sites (N-methyl/N-ethyl adjacent to an activating group) is 1. The SMILES string of the molecule is CNC(C)(C)C1=COCCC1.